The van der Waals surface area contributed by atoms with E-state index in [1.54, 1.807) is 10.9 Å². The molecule has 3 heterocycles. The van der Waals surface area contributed by atoms with Gasteiger partial charge in [0.05, 0.1) is 5.51 Å². The molecule has 1 saturated carbocycles. The van der Waals surface area contributed by atoms with E-state index in [2.05, 4.69) is 35.2 Å². The van der Waals surface area contributed by atoms with Crippen molar-refractivity contribution in [3.8, 4) is 10.4 Å². The lowest BCUT2D eigenvalue weighted by Crippen LogP contribution is -2.31. The van der Waals surface area contributed by atoms with Crippen LogP contribution in [0.3, 0.4) is 0 Å². The van der Waals surface area contributed by atoms with Crippen molar-refractivity contribution in [3.63, 3.8) is 0 Å². The Morgan fingerprint density at radius 2 is 1.90 bits per heavy atom. The van der Waals surface area contributed by atoms with E-state index in [-0.39, 0.29) is 11.9 Å². The van der Waals surface area contributed by atoms with Crippen LogP contribution in [0, 0.1) is 11.8 Å². The number of rotatable bonds is 9. The number of hydrogen-bond acceptors (Lipinski definition) is 8. The van der Waals surface area contributed by atoms with Gasteiger partial charge in [0.2, 0.25) is 0 Å². The van der Waals surface area contributed by atoms with Gasteiger partial charge in [-0.25, -0.2) is 9.78 Å². The SMILES string of the molecule is CC1CCC(C2=C(c3cc(-c4ccc(NC(=O)c5cscn5)cc4)sc3C(=O)OCCN(C)C)CCN(C)C2)CC1. The Hall–Kier alpha value is -2.85. The summed E-state index contributed by atoms with van der Waals surface area (Å²) in [6.07, 6.45) is 5.92. The maximum atomic E-state index is 13.5. The fourth-order valence-electron chi connectivity index (χ4n) is 5.75. The summed E-state index contributed by atoms with van der Waals surface area (Å²) in [6.45, 7) is 5.35. The molecule has 0 unspecified atom stereocenters. The molecule has 0 bridgehead atoms. The highest BCUT2D eigenvalue weighted by Crippen LogP contribution is 2.43. The van der Waals surface area contributed by atoms with E-state index in [4.69, 9.17) is 4.74 Å². The first-order chi connectivity index (χ1) is 19.8. The summed E-state index contributed by atoms with van der Waals surface area (Å²) in [5.41, 5.74) is 7.68. The quantitative estimate of drug-likeness (QED) is 0.277. The van der Waals surface area contributed by atoms with Gasteiger partial charge in [0, 0.05) is 41.1 Å². The molecule has 9 heteroatoms. The molecule has 1 fully saturated rings. The van der Waals surface area contributed by atoms with Gasteiger partial charge in [0.25, 0.3) is 5.91 Å². The lowest BCUT2D eigenvalue weighted by atomic mass is 9.75. The highest BCUT2D eigenvalue weighted by atomic mass is 32.1. The number of hydrogen-bond donors (Lipinski definition) is 1. The van der Waals surface area contributed by atoms with Gasteiger partial charge in [-0.1, -0.05) is 31.9 Å². The Bertz CT molecular complexity index is 1370. The number of anilines is 1. The minimum atomic E-state index is -0.242. The summed E-state index contributed by atoms with van der Waals surface area (Å²) < 4.78 is 5.78. The van der Waals surface area contributed by atoms with Crippen molar-refractivity contribution >= 4 is 45.8 Å². The zero-order chi connectivity index (χ0) is 28.9. The maximum absolute atomic E-state index is 13.5. The standard InChI is InChI=1S/C32H40N4O3S2/c1-21-5-7-22(8-6-21)27-18-36(4)14-13-25(27)26-17-29(41-30(26)32(38)39-16-15-35(2)3)23-9-11-24(12-10-23)34-31(37)28-19-40-20-33-28/h9-12,17,19-22H,5-8,13-16,18H2,1-4H3,(H,34,37). The van der Waals surface area contributed by atoms with Crippen LogP contribution in [0.4, 0.5) is 5.69 Å². The fraction of sp³-hybridized carbons (Fsp3) is 0.469. The highest BCUT2D eigenvalue weighted by molar-refractivity contribution is 7.17. The number of amides is 1. The number of carbonyl (C=O) groups is 2. The van der Waals surface area contributed by atoms with Crippen molar-refractivity contribution < 1.29 is 14.3 Å². The summed E-state index contributed by atoms with van der Waals surface area (Å²) in [7, 11) is 6.16. The third-order valence-corrected chi connectivity index (χ3v) is 9.94. The lowest BCUT2D eigenvalue weighted by Gasteiger charge is -2.35. The number of aromatic nitrogens is 1. The number of thiophene rings is 1. The van der Waals surface area contributed by atoms with E-state index >= 15 is 0 Å². The van der Waals surface area contributed by atoms with Crippen LogP contribution in [0.25, 0.3) is 16.0 Å². The first-order valence-corrected chi connectivity index (χ1v) is 16.2. The molecule has 3 aromatic rings. The zero-order valence-electron chi connectivity index (χ0n) is 24.4. The van der Waals surface area contributed by atoms with E-state index in [9.17, 15) is 9.59 Å². The normalized spacial score (nSPS) is 19.9. The molecule has 1 aliphatic heterocycles. The van der Waals surface area contributed by atoms with Crippen molar-refractivity contribution in [2.24, 2.45) is 11.8 Å². The third-order valence-electron chi connectivity index (χ3n) is 8.19. The number of carbonyl (C=O) groups excluding carboxylic acids is 2. The number of thiazole rings is 1. The number of ether oxygens (including phenoxy) is 1. The molecule has 7 nitrogen and oxygen atoms in total. The Morgan fingerprint density at radius 1 is 1.15 bits per heavy atom. The minimum Gasteiger partial charge on any atom is -0.460 e. The van der Waals surface area contributed by atoms with Crippen LogP contribution >= 0.6 is 22.7 Å². The fourth-order valence-corrected chi connectivity index (χ4v) is 7.37. The van der Waals surface area contributed by atoms with Gasteiger partial charge in [-0.05, 0) is 87.2 Å². The Morgan fingerprint density at radius 3 is 2.59 bits per heavy atom. The van der Waals surface area contributed by atoms with E-state index in [0.29, 0.717) is 35.3 Å². The minimum absolute atomic E-state index is 0.223. The maximum Gasteiger partial charge on any atom is 0.349 e. The van der Waals surface area contributed by atoms with Crippen LogP contribution in [0.5, 0.6) is 0 Å². The Labute approximate surface area is 251 Å². The molecule has 0 spiro atoms. The molecular formula is C32H40N4O3S2. The largest absolute Gasteiger partial charge is 0.460 e. The smallest absolute Gasteiger partial charge is 0.349 e. The number of nitrogens with zero attached hydrogens (tertiary/aromatic N) is 3. The van der Waals surface area contributed by atoms with Gasteiger partial charge < -0.3 is 19.9 Å². The molecule has 1 aliphatic carbocycles. The topological polar surface area (TPSA) is 74.8 Å². The van der Waals surface area contributed by atoms with Crippen LogP contribution in [-0.4, -0.2) is 74.0 Å². The second-order valence-electron chi connectivity index (χ2n) is 11.6. The molecular weight excluding hydrogens is 553 g/mol. The van der Waals surface area contributed by atoms with Gasteiger partial charge in [-0.15, -0.1) is 22.7 Å². The zero-order valence-corrected chi connectivity index (χ0v) is 26.1. The number of likely N-dealkylation sites (N-methyl/N-ethyl adjacent to an activating group) is 2. The first-order valence-electron chi connectivity index (χ1n) is 14.4. The Balaban J connectivity index is 1.47. The van der Waals surface area contributed by atoms with Gasteiger partial charge >= 0.3 is 5.97 Å². The molecule has 218 valence electrons. The average Bonchev–Trinajstić information content (AvgIpc) is 3.65. The third kappa shape index (κ3) is 7.33. The molecule has 0 saturated heterocycles. The number of nitrogens with one attached hydrogen (secondary N) is 1. The summed E-state index contributed by atoms with van der Waals surface area (Å²) in [6, 6.07) is 10.00. The summed E-state index contributed by atoms with van der Waals surface area (Å²) in [5.74, 6) is 0.902. The van der Waals surface area contributed by atoms with E-state index < -0.39 is 0 Å². The van der Waals surface area contributed by atoms with Crippen LogP contribution in [-0.2, 0) is 4.74 Å². The second-order valence-corrected chi connectivity index (χ2v) is 13.4. The summed E-state index contributed by atoms with van der Waals surface area (Å²) in [5, 5.41) is 4.64. The molecule has 1 aromatic carbocycles. The Kier molecular flexibility index (Phi) is 9.70. The molecule has 0 radical (unpaired) electrons. The van der Waals surface area contributed by atoms with Crippen molar-refractivity contribution in [1.82, 2.24) is 14.8 Å². The molecule has 1 amide bonds. The monoisotopic (exact) mass is 592 g/mol. The van der Waals surface area contributed by atoms with E-state index in [1.165, 1.54) is 59.5 Å². The molecule has 0 atom stereocenters. The van der Waals surface area contributed by atoms with Gasteiger partial charge in [-0.3, -0.25) is 4.79 Å². The van der Waals surface area contributed by atoms with Gasteiger partial charge in [0.1, 0.15) is 17.2 Å². The predicted octanol–water partition coefficient (Wildman–Crippen LogP) is 6.76. The first kappa shape index (κ1) is 29.6. The average molecular weight is 593 g/mol. The van der Waals surface area contributed by atoms with Crippen molar-refractivity contribution in [1.29, 1.82) is 0 Å². The molecule has 1 N–H and O–H groups in total. The van der Waals surface area contributed by atoms with Crippen molar-refractivity contribution in [2.75, 3.05) is 52.7 Å². The van der Waals surface area contributed by atoms with Crippen LogP contribution < -0.4 is 5.32 Å². The van der Waals surface area contributed by atoms with Crippen molar-refractivity contribution in [3.05, 3.63) is 62.9 Å². The predicted molar refractivity (Wildman–Crippen MR) is 169 cm³/mol. The van der Waals surface area contributed by atoms with Crippen LogP contribution in [0.1, 0.15) is 64.8 Å². The van der Waals surface area contributed by atoms with Crippen molar-refractivity contribution in [2.45, 2.75) is 39.0 Å². The summed E-state index contributed by atoms with van der Waals surface area (Å²) >= 11 is 2.90. The summed E-state index contributed by atoms with van der Waals surface area (Å²) in [4.78, 5) is 36.2. The molecule has 5 rings (SSSR count). The van der Waals surface area contributed by atoms with Crippen LogP contribution in [0.2, 0.25) is 0 Å². The molecule has 2 aliphatic rings. The molecule has 2 aromatic heterocycles. The number of esters is 1. The van der Waals surface area contributed by atoms with E-state index in [1.807, 2.05) is 43.3 Å². The second kappa shape index (κ2) is 13.4. The van der Waals surface area contributed by atoms with Gasteiger partial charge in [-0.2, -0.15) is 0 Å². The van der Waals surface area contributed by atoms with E-state index in [0.717, 1.165) is 41.4 Å². The lowest BCUT2D eigenvalue weighted by molar-refractivity contribution is 0.0487. The van der Waals surface area contributed by atoms with Crippen LogP contribution in [0.15, 0.2) is 46.8 Å². The molecule has 41 heavy (non-hydrogen) atoms. The number of benzene rings is 1. The van der Waals surface area contributed by atoms with Gasteiger partial charge in [0.15, 0.2) is 0 Å². The highest BCUT2D eigenvalue weighted by Gasteiger charge is 2.30.